The lowest BCUT2D eigenvalue weighted by atomic mass is 9.44. The minimum Gasteiger partial charge on any atom is -0.393 e. The maximum Gasteiger partial charge on any atom is 0.0715 e. The lowest BCUT2D eigenvalue weighted by Gasteiger charge is -2.61. The lowest BCUT2D eigenvalue weighted by Crippen LogP contribution is -2.53. The third-order valence-electron chi connectivity index (χ3n) is 12.1. The van der Waals surface area contributed by atoms with Crippen molar-refractivity contribution in [3.63, 3.8) is 0 Å². The minimum absolute atomic E-state index is 0.0630. The summed E-state index contributed by atoms with van der Waals surface area (Å²) in [7, 11) is 0. The molecule has 0 saturated heterocycles. The van der Waals surface area contributed by atoms with E-state index in [4.69, 9.17) is 5.10 Å². The third-order valence-corrected chi connectivity index (χ3v) is 12.1. The predicted molar refractivity (Wildman–Crippen MR) is 158 cm³/mol. The van der Waals surface area contributed by atoms with E-state index >= 15 is 0 Å². The molecule has 4 nitrogen and oxygen atoms in total. The zero-order chi connectivity index (χ0) is 26.6. The van der Waals surface area contributed by atoms with Crippen LogP contribution >= 0.6 is 0 Å². The molecule has 0 amide bonds. The second-order valence-corrected chi connectivity index (χ2v) is 13.8. The average molecular weight is 524 g/mol. The topological polar surface area (TPSA) is 50.1 Å². The number of nitrogens with one attached hydrogen (secondary N) is 1. The number of para-hydroxylation sites is 2. The molecule has 2 N–H and O–H groups in total. The number of nitrogens with zero attached hydrogens (tertiary/aromatic N) is 2. The van der Waals surface area contributed by atoms with Gasteiger partial charge in [-0.3, -0.25) is 0 Å². The summed E-state index contributed by atoms with van der Waals surface area (Å²) in [6.45, 7) is 6.03. The largest absolute Gasteiger partial charge is 0.393 e. The zero-order valence-electron chi connectivity index (χ0n) is 23.7. The molecule has 4 fully saturated rings. The predicted octanol–water partition coefficient (Wildman–Crippen LogP) is 7.97. The summed E-state index contributed by atoms with van der Waals surface area (Å²) >= 11 is 0. The second-order valence-electron chi connectivity index (χ2n) is 13.8. The van der Waals surface area contributed by atoms with Crippen LogP contribution in [0.25, 0.3) is 5.69 Å². The Hall–Kier alpha value is -2.59. The Kier molecular flexibility index (Phi) is 6.38. The molecule has 7 rings (SSSR count). The van der Waals surface area contributed by atoms with Gasteiger partial charge in [-0.25, -0.2) is 4.68 Å². The highest BCUT2D eigenvalue weighted by Gasteiger charge is 2.60. The van der Waals surface area contributed by atoms with Crippen LogP contribution in [0.4, 0.5) is 5.69 Å². The third kappa shape index (κ3) is 4.25. The standard InChI is InChI=1S/C35H45N3O/c1-34-19-17-28(39)21-25(34)13-14-29-30-15-16-32(35(30,2)20-18-31(29)34)33-24(22-36-26-9-5-3-6-10-26)23-38(37-33)27-11-7-4-8-12-27/h3-12,23,25,28-32,36,39H,13-22H2,1-2H3/t25?,28-,29-,30-,31-,32+,34-,35-/m0/s1. The molecule has 4 heteroatoms. The van der Waals surface area contributed by atoms with Crippen LogP contribution in [0.3, 0.4) is 0 Å². The highest BCUT2D eigenvalue weighted by molar-refractivity contribution is 5.44. The second kappa shape index (κ2) is 9.80. The van der Waals surface area contributed by atoms with Crippen LogP contribution in [0.15, 0.2) is 66.9 Å². The van der Waals surface area contributed by atoms with Crippen LogP contribution in [-0.4, -0.2) is 21.0 Å². The lowest BCUT2D eigenvalue weighted by molar-refractivity contribution is -0.123. The van der Waals surface area contributed by atoms with E-state index in [1.807, 2.05) is 0 Å². The van der Waals surface area contributed by atoms with E-state index in [1.165, 1.54) is 56.2 Å². The molecule has 8 atom stereocenters. The number of aliphatic hydroxyl groups is 1. The van der Waals surface area contributed by atoms with Gasteiger partial charge >= 0.3 is 0 Å². The molecule has 0 aliphatic heterocycles. The van der Waals surface area contributed by atoms with Gasteiger partial charge in [-0.1, -0.05) is 50.2 Å². The molecule has 206 valence electrons. The smallest absolute Gasteiger partial charge is 0.0715 e. The van der Waals surface area contributed by atoms with Crippen LogP contribution in [0, 0.1) is 34.5 Å². The van der Waals surface area contributed by atoms with E-state index in [2.05, 4.69) is 90.7 Å². The van der Waals surface area contributed by atoms with Crippen molar-refractivity contribution in [3.05, 3.63) is 78.1 Å². The molecule has 4 aliphatic rings. The Morgan fingerprint density at radius 3 is 2.36 bits per heavy atom. The van der Waals surface area contributed by atoms with Crippen molar-refractivity contribution >= 4 is 5.69 Å². The molecule has 0 spiro atoms. The number of hydrogen-bond acceptors (Lipinski definition) is 3. The Morgan fingerprint density at radius 1 is 0.846 bits per heavy atom. The molecule has 3 aromatic rings. The molecular weight excluding hydrogens is 478 g/mol. The fraction of sp³-hybridized carbons (Fsp3) is 0.571. The summed E-state index contributed by atoms with van der Waals surface area (Å²) in [5.74, 6) is 3.71. The van der Waals surface area contributed by atoms with Crippen molar-refractivity contribution in [2.75, 3.05) is 5.32 Å². The van der Waals surface area contributed by atoms with Crippen molar-refractivity contribution in [1.29, 1.82) is 0 Å². The van der Waals surface area contributed by atoms with E-state index in [0.717, 1.165) is 54.4 Å². The average Bonchev–Trinajstić information content (AvgIpc) is 3.54. The molecule has 1 unspecified atom stereocenters. The molecule has 39 heavy (non-hydrogen) atoms. The highest BCUT2D eigenvalue weighted by atomic mass is 16.3. The molecule has 0 radical (unpaired) electrons. The first-order valence-electron chi connectivity index (χ1n) is 15.6. The summed E-state index contributed by atoms with van der Waals surface area (Å²) in [5, 5.41) is 19.5. The van der Waals surface area contributed by atoms with Gasteiger partial charge in [-0.2, -0.15) is 5.10 Å². The molecule has 1 aromatic heterocycles. The first kappa shape index (κ1) is 25.4. The van der Waals surface area contributed by atoms with Gasteiger partial charge in [-0.15, -0.1) is 0 Å². The number of fused-ring (bicyclic) bond motifs is 5. The fourth-order valence-corrected chi connectivity index (χ4v) is 10.0. The van der Waals surface area contributed by atoms with E-state index < -0.39 is 0 Å². The molecular formula is C35H45N3O. The molecule has 4 saturated carbocycles. The van der Waals surface area contributed by atoms with Crippen LogP contribution in [0.5, 0.6) is 0 Å². The van der Waals surface area contributed by atoms with Gasteiger partial charge in [0.15, 0.2) is 0 Å². The van der Waals surface area contributed by atoms with Crippen molar-refractivity contribution in [3.8, 4) is 5.69 Å². The van der Waals surface area contributed by atoms with Gasteiger partial charge < -0.3 is 10.4 Å². The Morgan fingerprint density at radius 2 is 1.56 bits per heavy atom. The van der Waals surface area contributed by atoms with Gasteiger partial charge in [0.2, 0.25) is 0 Å². The Labute approximate surface area is 234 Å². The van der Waals surface area contributed by atoms with E-state index in [9.17, 15) is 5.11 Å². The summed E-state index contributed by atoms with van der Waals surface area (Å²) < 4.78 is 2.12. The minimum atomic E-state index is -0.0630. The van der Waals surface area contributed by atoms with Crippen LogP contribution < -0.4 is 5.32 Å². The van der Waals surface area contributed by atoms with Gasteiger partial charge in [0.25, 0.3) is 0 Å². The summed E-state index contributed by atoms with van der Waals surface area (Å²) in [6, 6.07) is 21.2. The zero-order valence-corrected chi connectivity index (χ0v) is 23.7. The number of rotatable bonds is 5. The van der Waals surface area contributed by atoms with Crippen LogP contribution in [0.1, 0.15) is 88.8 Å². The van der Waals surface area contributed by atoms with Gasteiger partial charge in [-0.05, 0) is 117 Å². The molecule has 2 aromatic carbocycles. The Bertz CT molecular complexity index is 1290. The SMILES string of the molecule is C[C@]12CC[C@H]3[C@@H](CCC4C[C@@H](O)CC[C@@]43C)[C@@H]1CC[C@@H]2c1nn(-c2ccccc2)cc1CNc1ccccc1. The number of aromatic nitrogens is 2. The van der Waals surface area contributed by atoms with Crippen molar-refractivity contribution in [1.82, 2.24) is 9.78 Å². The molecule has 1 heterocycles. The molecule has 0 bridgehead atoms. The van der Waals surface area contributed by atoms with Gasteiger partial charge in [0.1, 0.15) is 0 Å². The van der Waals surface area contributed by atoms with E-state index in [0.29, 0.717) is 16.7 Å². The van der Waals surface area contributed by atoms with Gasteiger partial charge in [0.05, 0.1) is 17.5 Å². The van der Waals surface area contributed by atoms with Crippen LogP contribution in [0.2, 0.25) is 0 Å². The van der Waals surface area contributed by atoms with Gasteiger partial charge in [0, 0.05) is 29.9 Å². The number of anilines is 1. The molecule has 4 aliphatic carbocycles. The monoisotopic (exact) mass is 523 g/mol. The van der Waals surface area contributed by atoms with Crippen molar-refractivity contribution in [2.24, 2.45) is 34.5 Å². The number of benzene rings is 2. The number of aliphatic hydroxyl groups excluding tert-OH is 1. The van der Waals surface area contributed by atoms with Crippen LogP contribution in [-0.2, 0) is 6.54 Å². The fourth-order valence-electron chi connectivity index (χ4n) is 10.0. The first-order valence-corrected chi connectivity index (χ1v) is 15.6. The summed E-state index contributed by atoms with van der Waals surface area (Å²) in [5.41, 5.74) is 5.71. The number of hydrogen-bond donors (Lipinski definition) is 2. The Balaban J connectivity index is 1.19. The van der Waals surface area contributed by atoms with E-state index in [-0.39, 0.29) is 6.10 Å². The quantitative estimate of drug-likeness (QED) is 0.356. The first-order chi connectivity index (χ1) is 19.0. The normalized spacial score (nSPS) is 37.5. The maximum atomic E-state index is 10.4. The van der Waals surface area contributed by atoms with Crippen molar-refractivity contribution in [2.45, 2.75) is 90.2 Å². The maximum absolute atomic E-state index is 10.4. The van der Waals surface area contributed by atoms with Crippen molar-refractivity contribution < 1.29 is 5.11 Å². The summed E-state index contributed by atoms with van der Waals surface area (Å²) in [4.78, 5) is 0. The highest BCUT2D eigenvalue weighted by Crippen LogP contribution is 2.69. The summed E-state index contributed by atoms with van der Waals surface area (Å²) in [6.07, 6.45) is 13.5. The van der Waals surface area contributed by atoms with E-state index in [1.54, 1.807) is 0 Å².